The molecule has 0 saturated carbocycles. The fourth-order valence-electron chi connectivity index (χ4n) is 4.28. The molecule has 6 nitrogen and oxygen atoms in total. The molecule has 0 bridgehead atoms. The minimum atomic E-state index is -0.246. The molecule has 3 aromatic heterocycles. The van der Waals surface area contributed by atoms with E-state index in [-0.39, 0.29) is 11.9 Å². The predicted molar refractivity (Wildman–Crippen MR) is 118 cm³/mol. The number of hydrogen-bond donors (Lipinski definition) is 0. The predicted octanol–water partition coefficient (Wildman–Crippen LogP) is 3.73. The van der Waals surface area contributed by atoms with Crippen molar-refractivity contribution < 1.29 is 4.39 Å². The van der Waals surface area contributed by atoms with Gasteiger partial charge >= 0.3 is 0 Å². The molecular formula is C24H25FN6. The number of aromatic nitrogens is 4. The summed E-state index contributed by atoms with van der Waals surface area (Å²) in [5.41, 5.74) is 5.82. The summed E-state index contributed by atoms with van der Waals surface area (Å²) in [7, 11) is 2.14. The number of benzene rings is 1. The Balaban J connectivity index is 1.41. The fourth-order valence-corrected chi connectivity index (χ4v) is 4.28. The minimum absolute atomic E-state index is 0.149. The van der Waals surface area contributed by atoms with Gasteiger partial charge in [0.2, 0.25) is 0 Å². The Morgan fingerprint density at radius 3 is 2.74 bits per heavy atom. The number of nitrogens with zero attached hydrogens (tertiary/aromatic N) is 6. The highest BCUT2D eigenvalue weighted by atomic mass is 19.1. The van der Waals surface area contributed by atoms with Crippen molar-refractivity contribution in [1.82, 2.24) is 29.6 Å². The largest absolute Gasteiger partial charge is 0.295 e. The molecule has 1 saturated heterocycles. The van der Waals surface area contributed by atoms with Crippen LogP contribution in [0.15, 0.2) is 60.8 Å². The van der Waals surface area contributed by atoms with Crippen LogP contribution in [0.25, 0.3) is 16.6 Å². The van der Waals surface area contributed by atoms with E-state index in [9.17, 15) is 4.39 Å². The van der Waals surface area contributed by atoms with E-state index in [1.165, 1.54) is 12.1 Å². The lowest BCUT2D eigenvalue weighted by molar-refractivity contribution is 0.0880. The molecule has 4 aromatic rings. The summed E-state index contributed by atoms with van der Waals surface area (Å²) in [6, 6.07) is 17.0. The van der Waals surface area contributed by atoms with E-state index in [1.807, 2.05) is 37.4 Å². The first kappa shape index (κ1) is 19.8. The number of rotatable bonds is 4. The van der Waals surface area contributed by atoms with Gasteiger partial charge in [-0.2, -0.15) is 0 Å². The number of pyridine rings is 2. The highest BCUT2D eigenvalue weighted by Gasteiger charge is 2.29. The first-order valence-electron chi connectivity index (χ1n) is 10.5. The second kappa shape index (κ2) is 8.17. The van der Waals surface area contributed by atoms with Crippen LogP contribution in [0.4, 0.5) is 4.39 Å². The van der Waals surface area contributed by atoms with E-state index in [4.69, 9.17) is 0 Å². The van der Waals surface area contributed by atoms with Crippen LogP contribution in [0.3, 0.4) is 0 Å². The van der Waals surface area contributed by atoms with Crippen LogP contribution in [0.5, 0.6) is 0 Å². The van der Waals surface area contributed by atoms with Gasteiger partial charge in [0.25, 0.3) is 0 Å². The monoisotopic (exact) mass is 416 g/mol. The zero-order valence-corrected chi connectivity index (χ0v) is 17.7. The summed E-state index contributed by atoms with van der Waals surface area (Å²) in [4.78, 5) is 9.42. The van der Waals surface area contributed by atoms with Gasteiger partial charge in [-0.3, -0.25) is 14.8 Å². The van der Waals surface area contributed by atoms with Crippen molar-refractivity contribution in [2.24, 2.45) is 0 Å². The maximum Gasteiger partial charge on any atom is 0.123 e. The van der Waals surface area contributed by atoms with Crippen LogP contribution in [0.1, 0.15) is 23.1 Å². The van der Waals surface area contributed by atoms with Crippen molar-refractivity contribution in [3.63, 3.8) is 0 Å². The normalized spacial score (nSPS) is 18.0. The van der Waals surface area contributed by atoms with Gasteiger partial charge < -0.3 is 0 Å². The number of likely N-dealkylation sites (N-methyl/N-ethyl adjacent to an activating group) is 1. The molecular weight excluding hydrogens is 391 g/mol. The van der Waals surface area contributed by atoms with E-state index in [1.54, 1.807) is 10.6 Å². The van der Waals surface area contributed by atoms with E-state index < -0.39 is 0 Å². The average Bonchev–Trinajstić information content (AvgIpc) is 3.18. The van der Waals surface area contributed by atoms with Gasteiger partial charge in [-0.15, -0.1) is 5.10 Å². The summed E-state index contributed by atoms with van der Waals surface area (Å²) < 4.78 is 15.4. The first-order valence-corrected chi connectivity index (χ1v) is 10.5. The molecule has 1 atom stereocenters. The molecule has 0 spiro atoms. The Morgan fingerprint density at radius 2 is 1.90 bits per heavy atom. The lowest BCUT2D eigenvalue weighted by Gasteiger charge is -2.38. The van der Waals surface area contributed by atoms with Gasteiger partial charge in [-0.25, -0.2) is 8.91 Å². The third-order valence-corrected chi connectivity index (χ3v) is 5.98. The molecule has 1 fully saturated rings. The molecule has 1 aliphatic rings. The Labute approximate surface area is 180 Å². The van der Waals surface area contributed by atoms with Crippen molar-refractivity contribution in [3.05, 3.63) is 83.7 Å². The zero-order valence-electron chi connectivity index (χ0n) is 17.7. The van der Waals surface area contributed by atoms with Crippen LogP contribution in [-0.2, 0) is 6.54 Å². The minimum Gasteiger partial charge on any atom is -0.295 e. The summed E-state index contributed by atoms with van der Waals surface area (Å²) in [5.74, 6) is -0.246. The molecule has 31 heavy (non-hydrogen) atoms. The molecule has 7 heteroatoms. The second-order valence-corrected chi connectivity index (χ2v) is 8.23. The van der Waals surface area contributed by atoms with Crippen LogP contribution < -0.4 is 0 Å². The highest BCUT2D eigenvalue weighted by molar-refractivity contribution is 5.66. The molecule has 0 unspecified atom stereocenters. The van der Waals surface area contributed by atoms with E-state index in [0.717, 1.165) is 59.9 Å². The van der Waals surface area contributed by atoms with Crippen molar-refractivity contribution in [2.75, 3.05) is 26.7 Å². The van der Waals surface area contributed by atoms with Crippen LogP contribution in [0.2, 0.25) is 0 Å². The SMILES string of the molecule is Cc1cccc(CN2CCN(C)[C@H](c3nnn4cc(-c5cccc(F)c5)ccc34)C2)n1. The third kappa shape index (κ3) is 4.06. The second-order valence-electron chi connectivity index (χ2n) is 8.23. The van der Waals surface area contributed by atoms with Gasteiger partial charge in [0, 0.05) is 43.6 Å². The molecule has 0 N–H and O–H groups in total. The lowest BCUT2D eigenvalue weighted by Crippen LogP contribution is -2.46. The Hall–Kier alpha value is -3.16. The summed E-state index contributed by atoms with van der Waals surface area (Å²) in [5, 5.41) is 8.91. The van der Waals surface area contributed by atoms with Crippen molar-refractivity contribution >= 4 is 5.52 Å². The summed E-state index contributed by atoms with van der Waals surface area (Å²) in [6.45, 7) is 5.67. The Morgan fingerprint density at radius 1 is 1.03 bits per heavy atom. The van der Waals surface area contributed by atoms with E-state index in [0.29, 0.717) is 0 Å². The van der Waals surface area contributed by atoms with Crippen molar-refractivity contribution in [1.29, 1.82) is 0 Å². The standard InChI is InChI=1S/C24H25FN6/c1-17-5-3-8-21(26-17)15-30-12-11-29(2)23(16-30)24-22-10-9-19(14-31(22)28-27-24)18-6-4-7-20(25)13-18/h3-10,13-14,23H,11-12,15-16H2,1-2H3/t23-/m0/s1. The van der Waals surface area contributed by atoms with Gasteiger partial charge in [0.05, 0.1) is 17.3 Å². The topological polar surface area (TPSA) is 49.6 Å². The molecule has 0 aliphatic carbocycles. The van der Waals surface area contributed by atoms with E-state index in [2.05, 4.69) is 44.3 Å². The van der Waals surface area contributed by atoms with Crippen LogP contribution >= 0.6 is 0 Å². The van der Waals surface area contributed by atoms with Crippen LogP contribution in [0, 0.1) is 12.7 Å². The quantitative estimate of drug-likeness (QED) is 0.507. The van der Waals surface area contributed by atoms with Gasteiger partial charge in [0.1, 0.15) is 11.5 Å². The lowest BCUT2D eigenvalue weighted by atomic mass is 10.1. The van der Waals surface area contributed by atoms with Gasteiger partial charge in [-0.05, 0) is 49.9 Å². The molecule has 0 amide bonds. The number of hydrogen-bond acceptors (Lipinski definition) is 5. The van der Waals surface area contributed by atoms with Crippen molar-refractivity contribution in [2.45, 2.75) is 19.5 Å². The summed E-state index contributed by atoms with van der Waals surface area (Å²) >= 11 is 0. The fraction of sp³-hybridized carbons (Fsp3) is 0.292. The van der Waals surface area contributed by atoms with Gasteiger partial charge in [0.15, 0.2) is 0 Å². The number of piperazine rings is 1. The molecule has 1 aromatic carbocycles. The maximum atomic E-state index is 13.6. The Kier molecular flexibility index (Phi) is 5.21. The molecule has 1 aliphatic heterocycles. The van der Waals surface area contributed by atoms with Crippen molar-refractivity contribution in [3.8, 4) is 11.1 Å². The number of fused-ring (bicyclic) bond motifs is 1. The number of halogens is 1. The van der Waals surface area contributed by atoms with Crippen LogP contribution in [-0.4, -0.2) is 56.3 Å². The third-order valence-electron chi connectivity index (χ3n) is 5.98. The number of aryl methyl sites for hydroxylation is 1. The maximum absolute atomic E-state index is 13.6. The average molecular weight is 417 g/mol. The van der Waals surface area contributed by atoms with Gasteiger partial charge in [-0.1, -0.05) is 29.5 Å². The Bertz CT molecular complexity index is 1220. The highest BCUT2D eigenvalue weighted by Crippen LogP contribution is 2.28. The zero-order chi connectivity index (χ0) is 21.4. The first-order chi connectivity index (χ1) is 15.1. The molecule has 0 radical (unpaired) electrons. The molecule has 158 valence electrons. The molecule has 4 heterocycles. The van der Waals surface area contributed by atoms with E-state index >= 15 is 0 Å². The summed E-state index contributed by atoms with van der Waals surface area (Å²) in [6.07, 6.45) is 1.91. The smallest absolute Gasteiger partial charge is 0.123 e. The molecule has 5 rings (SSSR count).